The number of aromatic nitrogens is 2. The van der Waals surface area contributed by atoms with Gasteiger partial charge in [0.2, 0.25) is 0 Å². The van der Waals surface area contributed by atoms with Crippen LogP contribution in [0.3, 0.4) is 0 Å². The van der Waals surface area contributed by atoms with E-state index >= 15 is 0 Å². The highest BCUT2D eigenvalue weighted by atomic mass is 32.2. The molecule has 0 radical (unpaired) electrons. The van der Waals surface area contributed by atoms with Crippen molar-refractivity contribution in [2.24, 2.45) is 7.05 Å². The Labute approximate surface area is 85.5 Å². The fourth-order valence-corrected chi connectivity index (χ4v) is 1.53. The minimum absolute atomic E-state index is 0.240. The molecule has 0 aliphatic carbocycles. The maximum atomic E-state index is 11.3. The van der Waals surface area contributed by atoms with Crippen molar-refractivity contribution < 1.29 is 23.2 Å². The largest absolute Gasteiger partial charge is 0.479 e. The number of hydrogen-bond donors (Lipinski definition) is 2. The molecular weight excluding hydrogens is 226 g/mol. The number of nitrogens with zero attached hydrogens (tertiary/aromatic N) is 2. The Hall–Kier alpha value is -1.45. The lowest BCUT2D eigenvalue weighted by Crippen LogP contribution is -2.27. The number of carboxylic acids is 1. The summed E-state index contributed by atoms with van der Waals surface area (Å²) in [4.78, 5) is 19.5. The van der Waals surface area contributed by atoms with E-state index in [4.69, 9.17) is 5.11 Å². The summed E-state index contributed by atoms with van der Waals surface area (Å²) >= 11 is 0. The molecule has 2 N–H and O–H groups in total. The molecule has 1 heterocycles. The molecule has 1 aromatic heterocycles. The Balaban J connectivity index is 2.64. The maximum Gasteiger partial charge on any atom is 0.331 e. The van der Waals surface area contributed by atoms with E-state index in [0.717, 1.165) is 0 Å². The third kappa shape index (κ3) is 3.31. The summed E-state index contributed by atoms with van der Waals surface area (Å²) in [6.45, 7) is -0.758. The summed E-state index contributed by atoms with van der Waals surface area (Å²) in [7, 11) is -2.30. The molecule has 0 aromatic carbocycles. The van der Waals surface area contributed by atoms with Crippen LogP contribution in [0.5, 0.6) is 0 Å². The zero-order valence-corrected chi connectivity index (χ0v) is 8.56. The Bertz CT molecular complexity index is 451. The van der Waals surface area contributed by atoms with Gasteiger partial charge >= 0.3 is 5.97 Å². The number of nitrogens with one attached hydrogen (secondary N) is 1. The van der Waals surface area contributed by atoms with E-state index in [1.165, 1.54) is 17.1 Å². The monoisotopic (exact) mass is 235 g/mol. The number of aryl methyl sites for hydroxylation is 1. The number of carbonyl (C=O) groups is 1. The lowest BCUT2D eigenvalue weighted by atomic mass is 10.8. The smallest absolute Gasteiger partial charge is 0.331 e. The van der Waals surface area contributed by atoms with Crippen molar-refractivity contribution in [3.8, 4) is 0 Å². The van der Waals surface area contributed by atoms with E-state index in [0.29, 0.717) is 0 Å². The van der Waals surface area contributed by atoms with Gasteiger partial charge in [-0.2, -0.15) is 0 Å². The van der Waals surface area contributed by atoms with E-state index in [9.17, 15) is 13.2 Å². The topological polar surface area (TPSA) is 111 Å². The SMILES string of the molecule is Cn1cnc(S(=O)(=O)NOCC(=O)O)c1. The molecule has 0 spiro atoms. The zero-order chi connectivity index (χ0) is 11.5. The molecule has 0 unspecified atom stereocenters. The summed E-state index contributed by atoms with van der Waals surface area (Å²) in [5.41, 5.74) is 0. The maximum absolute atomic E-state index is 11.3. The average Bonchev–Trinajstić information content (AvgIpc) is 2.51. The Morgan fingerprint density at radius 1 is 1.73 bits per heavy atom. The molecule has 0 aliphatic rings. The van der Waals surface area contributed by atoms with E-state index in [1.807, 2.05) is 0 Å². The van der Waals surface area contributed by atoms with Crippen LogP contribution < -0.4 is 4.89 Å². The minimum Gasteiger partial charge on any atom is -0.479 e. The van der Waals surface area contributed by atoms with Crippen LogP contribution in [0, 0.1) is 0 Å². The molecular formula is C6H9N3O5S. The van der Waals surface area contributed by atoms with Crippen LogP contribution >= 0.6 is 0 Å². The van der Waals surface area contributed by atoms with Crippen molar-refractivity contribution >= 4 is 16.0 Å². The highest BCUT2D eigenvalue weighted by Crippen LogP contribution is 2.03. The summed E-state index contributed by atoms with van der Waals surface area (Å²) in [5.74, 6) is -1.28. The van der Waals surface area contributed by atoms with Crippen LogP contribution in [0.4, 0.5) is 0 Å². The second kappa shape index (κ2) is 4.38. The number of hydrogen-bond acceptors (Lipinski definition) is 5. The van der Waals surface area contributed by atoms with Crippen LogP contribution in [0.15, 0.2) is 17.6 Å². The van der Waals surface area contributed by atoms with Gasteiger partial charge in [0, 0.05) is 13.2 Å². The summed E-state index contributed by atoms with van der Waals surface area (Å²) in [6, 6.07) is 0. The van der Waals surface area contributed by atoms with Gasteiger partial charge in [-0.25, -0.2) is 18.2 Å². The molecule has 1 rings (SSSR count). The van der Waals surface area contributed by atoms with Gasteiger partial charge in [-0.15, -0.1) is 0 Å². The average molecular weight is 235 g/mol. The number of aliphatic carboxylic acids is 1. The number of imidazole rings is 1. The number of sulfonamides is 1. The van der Waals surface area contributed by atoms with Gasteiger partial charge in [-0.1, -0.05) is 4.89 Å². The molecule has 84 valence electrons. The van der Waals surface area contributed by atoms with Gasteiger partial charge < -0.3 is 9.67 Å². The lowest BCUT2D eigenvalue weighted by molar-refractivity contribution is -0.143. The van der Waals surface area contributed by atoms with E-state index in [-0.39, 0.29) is 5.03 Å². The Morgan fingerprint density at radius 3 is 2.87 bits per heavy atom. The van der Waals surface area contributed by atoms with Gasteiger partial charge in [-0.3, -0.25) is 4.84 Å². The first-order valence-corrected chi connectivity index (χ1v) is 5.23. The van der Waals surface area contributed by atoms with Crippen molar-refractivity contribution in [1.82, 2.24) is 14.4 Å². The normalized spacial score (nSPS) is 11.5. The van der Waals surface area contributed by atoms with Crippen molar-refractivity contribution in [2.45, 2.75) is 5.03 Å². The molecule has 1 aromatic rings. The van der Waals surface area contributed by atoms with E-state index in [2.05, 4.69) is 9.82 Å². The summed E-state index contributed by atoms with van der Waals surface area (Å²) < 4.78 is 24.1. The fraction of sp³-hybridized carbons (Fsp3) is 0.333. The number of rotatable bonds is 5. The summed E-state index contributed by atoms with van der Waals surface area (Å²) in [5, 5.41) is 7.97. The van der Waals surface area contributed by atoms with Crippen molar-refractivity contribution in [3.05, 3.63) is 12.5 Å². The second-order valence-corrected chi connectivity index (χ2v) is 4.24. The third-order valence-corrected chi connectivity index (χ3v) is 2.42. The van der Waals surface area contributed by atoms with Crippen LogP contribution in [0.25, 0.3) is 0 Å². The summed E-state index contributed by atoms with van der Waals surface area (Å²) in [6.07, 6.45) is 2.55. The van der Waals surface area contributed by atoms with Gasteiger partial charge in [0.25, 0.3) is 10.0 Å². The zero-order valence-electron chi connectivity index (χ0n) is 7.74. The van der Waals surface area contributed by atoms with E-state index < -0.39 is 22.6 Å². The molecule has 9 heteroatoms. The van der Waals surface area contributed by atoms with Crippen LogP contribution in [0.1, 0.15) is 0 Å². The Kier molecular flexibility index (Phi) is 3.39. The van der Waals surface area contributed by atoms with Gasteiger partial charge in [-0.05, 0) is 0 Å². The molecule has 0 fully saturated rings. The third-order valence-electron chi connectivity index (χ3n) is 1.32. The molecule has 0 bridgehead atoms. The highest BCUT2D eigenvalue weighted by molar-refractivity contribution is 7.89. The van der Waals surface area contributed by atoms with Gasteiger partial charge in [0.15, 0.2) is 11.6 Å². The van der Waals surface area contributed by atoms with Gasteiger partial charge in [0.05, 0.1) is 6.33 Å². The second-order valence-electron chi connectivity index (χ2n) is 2.65. The minimum atomic E-state index is -3.90. The van der Waals surface area contributed by atoms with Crippen LogP contribution in [-0.2, 0) is 26.7 Å². The first-order chi connectivity index (χ1) is 6.92. The first-order valence-electron chi connectivity index (χ1n) is 3.75. The van der Waals surface area contributed by atoms with Crippen LogP contribution in [0.2, 0.25) is 0 Å². The predicted octanol–water partition coefficient (Wildman–Crippen LogP) is -1.29. The van der Waals surface area contributed by atoms with Crippen molar-refractivity contribution in [1.29, 1.82) is 0 Å². The molecule has 15 heavy (non-hydrogen) atoms. The molecule has 0 saturated carbocycles. The van der Waals surface area contributed by atoms with Crippen molar-refractivity contribution in [3.63, 3.8) is 0 Å². The molecule has 0 saturated heterocycles. The highest BCUT2D eigenvalue weighted by Gasteiger charge is 2.17. The van der Waals surface area contributed by atoms with E-state index in [1.54, 1.807) is 11.9 Å². The first kappa shape index (κ1) is 11.6. The fourth-order valence-electron chi connectivity index (χ4n) is 0.739. The molecule has 0 atom stereocenters. The molecule has 0 amide bonds. The molecule has 8 nitrogen and oxygen atoms in total. The Morgan fingerprint density at radius 2 is 2.40 bits per heavy atom. The quantitative estimate of drug-likeness (QED) is 0.615. The molecule has 0 aliphatic heterocycles. The lowest BCUT2D eigenvalue weighted by Gasteiger charge is -2.01. The standard InChI is InChI=1S/C6H9N3O5S/c1-9-2-5(7-4-9)15(12,13)8-14-3-6(10)11/h2,4,8H,3H2,1H3,(H,10,11). The van der Waals surface area contributed by atoms with Crippen molar-refractivity contribution in [2.75, 3.05) is 6.61 Å². The van der Waals surface area contributed by atoms with Gasteiger partial charge in [0.1, 0.15) is 0 Å². The number of carboxylic acid groups (broad SMARTS) is 1. The van der Waals surface area contributed by atoms with Crippen LogP contribution in [-0.4, -0.2) is 35.7 Å². The predicted molar refractivity (Wildman–Crippen MR) is 47.1 cm³/mol.